The van der Waals surface area contributed by atoms with Crippen molar-refractivity contribution in [3.05, 3.63) is 76.4 Å². The zero-order valence-corrected chi connectivity index (χ0v) is 18.9. The van der Waals surface area contributed by atoms with Gasteiger partial charge in [-0.1, -0.05) is 36.8 Å². The minimum atomic E-state index is -0.981. The highest BCUT2D eigenvalue weighted by molar-refractivity contribution is 6.14. The summed E-state index contributed by atoms with van der Waals surface area (Å²) in [6.07, 6.45) is 1.99. The summed E-state index contributed by atoms with van der Waals surface area (Å²) in [4.78, 5) is 20.2. The minimum absolute atomic E-state index is 0.201. The lowest BCUT2D eigenvalue weighted by Crippen LogP contribution is -2.16. The van der Waals surface area contributed by atoms with Gasteiger partial charge in [0.25, 0.3) is 0 Å². The molecule has 0 saturated heterocycles. The highest BCUT2D eigenvalue weighted by Gasteiger charge is 2.10. The fourth-order valence-corrected chi connectivity index (χ4v) is 3.04. The van der Waals surface area contributed by atoms with Crippen LogP contribution in [0.3, 0.4) is 0 Å². The topological polar surface area (TPSA) is 83.3 Å². The van der Waals surface area contributed by atoms with Crippen molar-refractivity contribution in [2.45, 2.75) is 27.3 Å². The van der Waals surface area contributed by atoms with Gasteiger partial charge in [0.2, 0.25) is 0 Å². The Morgan fingerprint density at radius 3 is 2.39 bits per heavy atom. The number of carbonyl (C=O) groups is 1. The maximum atomic E-state index is 11.5. The van der Waals surface area contributed by atoms with Crippen molar-refractivity contribution in [1.82, 2.24) is 5.32 Å². The molecule has 0 heterocycles. The molecule has 31 heavy (non-hydrogen) atoms. The van der Waals surface area contributed by atoms with Gasteiger partial charge in [0.05, 0.1) is 17.0 Å². The highest BCUT2D eigenvalue weighted by atomic mass is 16.5. The van der Waals surface area contributed by atoms with Gasteiger partial charge in [0.1, 0.15) is 12.4 Å². The molecule has 0 radical (unpaired) electrons. The molecule has 2 N–H and O–H groups in total. The Balaban J connectivity index is 2.19. The summed E-state index contributed by atoms with van der Waals surface area (Å²) in [7, 11) is 3.48. The van der Waals surface area contributed by atoms with Crippen molar-refractivity contribution < 1.29 is 14.6 Å². The first-order valence-electron chi connectivity index (χ1n) is 10.3. The fourth-order valence-electron chi connectivity index (χ4n) is 3.04. The highest BCUT2D eigenvalue weighted by Crippen LogP contribution is 2.18. The molecule has 0 aliphatic rings. The van der Waals surface area contributed by atoms with E-state index < -0.39 is 5.97 Å². The number of rotatable bonds is 10. The van der Waals surface area contributed by atoms with Crippen molar-refractivity contribution in [3.8, 4) is 5.75 Å². The van der Waals surface area contributed by atoms with Crippen LogP contribution in [-0.2, 0) is 6.54 Å². The van der Waals surface area contributed by atoms with E-state index >= 15 is 0 Å². The molecule has 0 bridgehead atoms. The number of hydrogen-bond donors (Lipinski definition) is 2. The smallest absolute Gasteiger partial charge is 0.335 e. The van der Waals surface area contributed by atoms with Gasteiger partial charge in [-0.2, -0.15) is 0 Å². The van der Waals surface area contributed by atoms with Crippen LogP contribution in [0.5, 0.6) is 5.75 Å². The molecule has 2 aromatic carbocycles. The van der Waals surface area contributed by atoms with Crippen LogP contribution in [0.1, 0.15) is 40.9 Å². The van der Waals surface area contributed by atoms with Crippen molar-refractivity contribution >= 4 is 17.4 Å². The van der Waals surface area contributed by atoms with E-state index in [1.165, 1.54) is 11.6 Å². The van der Waals surface area contributed by atoms with Crippen LogP contribution >= 0.6 is 0 Å². The largest absolute Gasteiger partial charge is 0.487 e. The van der Waals surface area contributed by atoms with Gasteiger partial charge in [-0.15, -0.1) is 0 Å². The molecule has 6 nitrogen and oxygen atoms in total. The molecule has 0 aromatic heterocycles. The zero-order chi connectivity index (χ0) is 22.8. The Labute approximate surface area is 184 Å². The number of carboxylic acids is 1. The van der Waals surface area contributed by atoms with Gasteiger partial charge < -0.3 is 15.2 Å². The monoisotopic (exact) mass is 421 g/mol. The summed E-state index contributed by atoms with van der Waals surface area (Å²) in [6, 6.07) is 13.3. The summed E-state index contributed by atoms with van der Waals surface area (Å²) in [5.41, 5.74) is 5.85. The van der Waals surface area contributed by atoms with Gasteiger partial charge in [-0.05, 0) is 61.4 Å². The van der Waals surface area contributed by atoms with Crippen molar-refractivity contribution in [2.24, 2.45) is 9.98 Å². The molecule has 0 fully saturated rings. The molecule has 0 saturated carbocycles. The lowest BCUT2D eigenvalue weighted by Gasteiger charge is -2.12. The maximum absolute atomic E-state index is 11.5. The number of nitrogens with one attached hydrogen (secondary N) is 1. The van der Waals surface area contributed by atoms with Crippen LogP contribution in [0.2, 0.25) is 0 Å². The summed E-state index contributed by atoms with van der Waals surface area (Å²) in [5.74, 6) is -0.477. The molecular formula is C25H31N3O3. The van der Waals surface area contributed by atoms with E-state index in [4.69, 9.17) is 4.74 Å². The SMILES string of the molecule is CCNCc1cc(OCC(=NC)/C(C)=C/C(=NC)c2ccc(C)cc2)cc(C(=O)O)c1. The second-order valence-electron chi connectivity index (χ2n) is 7.21. The van der Waals surface area contributed by atoms with Crippen molar-refractivity contribution in [2.75, 3.05) is 27.2 Å². The van der Waals surface area contributed by atoms with E-state index in [9.17, 15) is 9.90 Å². The Bertz CT molecular complexity index is 990. The Kier molecular flexibility index (Phi) is 9.15. The Morgan fingerprint density at radius 1 is 1.10 bits per heavy atom. The molecule has 0 aliphatic heterocycles. The number of ether oxygens (including phenoxy) is 1. The molecule has 0 spiro atoms. The molecule has 2 rings (SSSR count). The van der Waals surface area contributed by atoms with E-state index in [2.05, 4.69) is 34.4 Å². The van der Waals surface area contributed by atoms with Crippen LogP contribution in [0.15, 0.2) is 64.1 Å². The lowest BCUT2D eigenvalue weighted by atomic mass is 10.0. The maximum Gasteiger partial charge on any atom is 0.335 e. The molecule has 6 heteroatoms. The zero-order valence-electron chi connectivity index (χ0n) is 18.9. The van der Waals surface area contributed by atoms with Crippen LogP contribution in [0.4, 0.5) is 0 Å². The van der Waals surface area contributed by atoms with E-state index in [-0.39, 0.29) is 12.2 Å². The average molecular weight is 422 g/mol. The summed E-state index contributed by atoms with van der Waals surface area (Å²) >= 11 is 0. The molecular weight excluding hydrogens is 390 g/mol. The number of aryl methyl sites for hydroxylation is 1. The third-order valence-electron chi connectivity index (χ3n) is 4.83. The minimum Gasteiger partial charge on any atom is -0.487 e. The van der Waals surface area contributed by atoms with Crippen LogP contribution in [0.25, 0.3) is 0 Å². The first kappa shape index (κ1) is 24.0. The quantitative estimate of drug-likeness (QED) is 0.560. The number of hydrogen-bond acceptors (Lipinski definition) is 5. The van der Waals surface area contributed by atoms with Gasteiger partial charge in [0.15, 0.2) is 0 Å². The van der Waals surface area contributed by atoms with Gasteiger partial charge in [-0.3, -0.25) is 9.98 Å². The predicted molar refractivity (Wildman–Crippen MR) is 127 cm³/mol. The average Bonchev–Trinajstić information content (AvgIpc) is 2.77. The van der Waals surface area contributed by atoms with Crippen LogP contribution < -0.4 is 10.1 Å². The third kappa shape index (κ3) is 7.19. The van der Waals surface area contributed by atoms with Crippen molar-refractivity contribution in [3.63, 3.8) is 0 Å². The molecule has 164 valence electrons. The van der Waals surface area contributed by atoms with E-state index in [0.717, 1.165) is 34.7 Å². The first-order valence-corrected chi connectivity index (χ1v) is 10.3. The van der Waals surface area contributed by atoms with E-state index in [0.29, 0.717) is 12.3 Å². The second-order valence-corrected chi connectivity index (χ2v) is 7.21. The predicted octanol–water partition coefficient (Wildman–Crippen LogP) is 4.32. The Morgan fingerprint density at radius 2 is 1.81 bits per heavy atom. The second kappa shape index (κ2) is 11.8. The summed E-state index contributed by atoms with van der Waals surface area (Å²) in [6.45, 7) is 7.63. The van der Waals surface area contributed by atoms with E-state index in [1.807, 2.05) is 38.1 Å². The number of aromatic carboxylic acids is 1. The number of benzene rings is 2. The fraction of sp³-hybridized carbons (Fsp3) is 0.320. The van der Waals surface area contributed by atoms with Crippen LogP contribution in [-0.4, -0.2) is 49.7 Å². The molecule has 0 atom stereocenters. The van der Waals surface area contributed by atoms with Crippen LogP contribution in [0, 0.1) is 6.92 Å². The van der Waals surface area contributed by atoms with Crippen molar-refractivity contribution in [1.29, 1.82) is 0 Å². The standard InChI is InChI=1S/C25H31N3O3/c1-6-28-15-19-12-21(25(29)30)14-22(13-19)31-16-24(27-5)18(3)11-23(26-4)20-9-7-17(2)8-10-20/h7-14,28H,6,15-16H2,1-5H3,(H,29,30)/b18-11+,26-23?,27-24?. The normalized spacial score (nSPS) is 12.7. The number of carboxylic acid groups (broad SMARTS) is 1. The molecule has 0 aliphatic carbocycles. The number of aliphatic imine (C=N–C) groups is 2. The van der Waals surface area contributed by atoms with Gasteiger partial charge in [-0.25, -0.2) is 4.79 Å². The molecule has 2 aromatic rings. The lowest BCUT2D eigenvalue weighted by molar-refractivity contribution is 0.0696. The van der Waals surface area contributed by atoms with Gasteiger partial charge in [0, 0.05) is 20.6 Å². The van der Waals surface area contributed by atoms with Gasteiger partial charge >= 0.3 is 5.97 Å². The summed E-state index contributed by atoms with van der Waals surface area (Å²) < 4.78 is 5.93. The molecule has 0 unspecified atom stereocenters. The summed E-state index contributed by atoms with van der Waals surface area (Å²) in [5, 5.41) is 12.6. The third-order valence-corrected chi connectivity index (χ3v) is 4.83. The van der Waals surface area contributed by atoms with E-state index in [1.54, 1.807) is 20.2 Å². The molecule has 0 amide bonds. The Hall–Kier alpha value is -3.25. The first-order chi connectivity index (χ1) is 14.9. The number of nitrogens with zero attached hydrogens (tertiary/aromatic N) is 2. The number of allylic oxidation sites excluding steroid dienone is 1.